The molecule has 0 spiro atoms. The predicted octanol–water partition coefficient (Wildman–Crippen LogP) is 7.49. The summed E-state index contributed by atoms with van der Waals surface area (Å²) < 4.78 is 0. The van der Waals surface area contributed by atoms with Crippen molar-refractivity contribution in [2.24, 2.45) is 10.9 Å². The summed E-state index contributed by atoms with van der Waals surface area (Å²) in [4.78, 5) is 80.3. The van der Waals surface area contributed by atoms with E-state index in [1.807, 2.05) is 57.9 Å². The summed E-state index contributed by atoms with van der Waals surface area (Å²) in [5.74, 6) is 0.282. The number of carboxylic acid groups (broad SMARTS) is 1. The standard InChI is InChI=1S/C26H34N6O2.C25H36N6O2.C6H12O.CH2O2/c1-7-22(20-10-9-18(3)27-15-20)29-25-19(4)28-16-23(30(5)17-33)26(25)31(6)21-11-13-32(14-12-21)24(34)8-2;1-5-28-24(33)23(27)31(22(26)20-6-7-21(32)18(2)16-20)25(3)10-8-19(9-11-25)17-30-14-12-29(4)13-15-30;1-6(2)4-3-5-7;2-1-3/h7,9-10,15-17,21H,1,8,11-14H2,2-6H3;6-10,16,26-27,32H,5,11-15,17H2,1-4H3,(H,28,33);5-6H,3-4H2,1-2H3;1H,(H,2,3). The second-order valence-electron chi connectivity index (χ2n) is 20.0. The first-order valence-corrected chi connectivity index (χ1v) is 26.3. The maximum absolute atomic E-state index is 12.6. The van der Waals surface area contributed by atoms with E-state index in [1.54, 1.807) is 57.6 Å². The van der Waals surface area contributed by atoms with Crippen LogP contribution in [0.4, 0.5) is 17.1 Å². The highest BCUT2D eigenvalue weighted by Gasteiger charge is 2.38. The number of likely N-dealkylation sites (N-methyl/N-ethyl adjacent to an activating group) is 2. The molecule has 0 radical (unpaired) electrons. The Hall–Kier alpha value is -7.38. The Labute approximate surface area is 456 Å². The van der Waals surface area contributed by atoms with Gasteiger partial charge in [0.05, 0.1) is 34.5 Å². The fourth-order valence-electron chi connectivity index (χ4n) is 8.86. The number of nitrogens with one attached hydrogen (secondary N) is 3. The zero-order valence-corrected chi connectivity index (χ0v) is 47.3. The number of rotatable bonds is 16. The van der Waals surface area contributed by atoms with Crippen molar-refractivity contribution in [2.45, 2.75) is 105 Å². The number of aldehydes is 1. The Kier molecular flexibility index (Phi) is 26.2. The van der Waals surface area contributed by atoms with E-state index in [1.165, 1.54) is 15.4 Å². The minimum absolute atomic E-state index is 0.0532. The molecule has 3 amide bonds. The number of hydrogen-bond acceptors (Lipinski definition) is 14. The van der Waals surface area contributed by atoms with Crippen molar-refractivity contribution >= 4 is 65.4 Å². The molecule has 2 saturated heterocycles. The lowest BCUT2D eigenvalue weighted by Crippen LogP contribution is -2.56. The van der Waals surface area contributed by atoms with Gasteiger partial charge in [-0.15, -0.1) is 0 Å². The number of piperidine rings is 1. The van der Waals surface area contributed by atoms with Gasteiger partial charge in [-0.25, -0.2) is 4.99 Å². The van der Waals surface area contributed by atoms with Crippen molar-refractivity contribution in [3.8, 4) is 5.75 Å². The van der Waals surface area contributed by atoms with Crippen LogP contribution in [0.2, 0.25) is 0 Å². The summed E-state index contributed by atoms with van der Waals surface area (Å²) in [6.45, 7) is 26.1. The third-order valence-electron chi connectivity index (χ3n) is 13.7. The number of phenolic OH excluding ortho intramolecular Hbond substituents is 1. The smallest absolute Gasteiger partial charge is 0.290 e. The quantitative estimate of drug-likeness (QED) is 0.0531. The second kappa shape index (κ2) is 31.6. The van der Waals surface area contributed by atoms with Gasteiger partial charge in [0.25, 0.3) is 12.4 Å². The fraction of sp³-hybridized carbons (Fsp3) is 0.483. The van der Waals surface area contributed by atoms with Crippen LogP contribution in [0.3, 0.4) is 0 Å². The molecule has 5 N–H and O–H groups in total. The van der Waals surface area contributed by atoms with Crippen LogP contribution in [0.5, 0.6) is 5.75 Å². The number of likely N-dealkylation sites (tertiary alicyclic amines) is 1. The van der Waals surface area contributed by atoms with Gasteiger partial charge in [-0.05, 0) is 121 Å². The van der Waals surface area contributed by atoms with Gasteiger partial charge in [-0.3, -0.25) is 49.8 Å². The Morgan fingerprint density at radius 3 is 2.13 bits per heavy atom. The lowest BCUT2D eigenvalue weighted by Gasteiger charge is -2.42. The number of nitrogens with zero attached hydrogens (tertiary/aromatic N) is 9. The number of aromatic hydroxyl groups is 1. The molecule has 2 aliphatic heterocycles. The number of phenols is 1. The van der Waals surface area contributed by atoms with Gasteiger partial charge < -0.3 is 39.9 Å². The van der Waals surface area contributed by atoms with Crippen LogP contribution in [-0.4, -0.2) is 173 Å². The van der Waals surface area contributed by atoms with Crippen molar-refractivity contribution in [3.63, 3.8) is 0 Å². The van der Waals surface area contributed by atoms with Crippen LogP contribution in [0.15, 0.2) is 84.2 Å². The van der Waals surface area contributed by atoms with Gasteiger partial charge in [0.2, 0.25) is 12.3 Å². The van der Waals surface area contributed by atoms with Crippen molar-refractivity contribution in [1.82, 2.24) is 34.9 Å². The third kappa shape index (κ3) is 18.7. The number of carbonyl (C=O) groups excluding carboxylic acids is 4. The van der Waals surface area contributed by atoms with Crippen molar-refractivity contribution in [2.75, 3.05) is 83.3 Å². The average Bonchev–Trinajstić information content (AvgIpc) is 3.42. The summed E-state index contributed by atoms with van der Waals surface area (Å²) >= 11 is 0. The Bertz CT molecular complexity index is 2580. The zero-order chi connectivity index (χ0) is 57.4. The molecule has 3 aromatic rings. The normalized spacial score (nSPS) is 16.6. The van der Waals surface area contributed by atoms with E-state index in [0.717, 1.165) is 107 Å². The first-order valence-electron chi connectivity index (χ1n) is 26.3. The Balaban J connectivity index is 0.000000345. The minimum Gasteiger partial charge on any atom is -0.508 e. The summed E-state index contributed by atoms with van der Waals surface area (Å²) in [5.41, 5.74) is 7.08. The van der Waals surface area contributed by atoms with E-state index >= 15 is 0 Å². The van der Waals surface area contributed by atoms with Crippen molar-refractivity contribution < 1.29 is 34.2 Å². The Morgan fingerprint density at radius 1 is 0.974 bits per heavy atom. The maximum Gasteiger partial charge on any atom is 0.290 e. The molecule has 77 heavy (non-hydrogen) atoms. The molecule has 19 heteroatoms. The summed E-state index contributed by atoms with van der Waals surface area (Å²) in [6, 6.07) is 9.00. The maximum atomic E-state index is 12.6. The molecule has 1 atom stereocenters. The molecule has 2 fully saturated rings. The van der Waals surface area contributed by atoms with Crippen LogP contribution in [0.1, 0.15) is 101 Å². The number of aryl methyl sites for hydroxylation is 3. The van der Waals surface area contributed by atoms with Crippen LogP contribution in [0.25, 0.3) is 0 Å². The number of aliphatic imine (C=N–C) groups is 1. The number of piperazine rings is 1. The first kappa shape index (κ1) is 63.9. The summed E-state index contributed by atoms with van der Waals surface area (Å²) in [7, 11) is 5.88. The highest BCUT2D eigenvalue weighted by atomic mass is 16.3. The molecule has 0 bridgehead atoms. The van der Waals surface area contributed by atoms with E-state index in [4.69, 9.17) is 25.7 Å². The average molecular weight is 1060 g/mol. The third-order valence-corrected chi connectivity index (χ3v) is 13.7. The van der Waals surface area contributed by atoms with E-state index in [-0.39, 0.29) is 35.8 Å². The molecule has 4 heterocycles. The highest BCUT2D eigenvalue weighted by Crippen LogP contribution is 2.41. The van der Waals surface area contributed by atoms with Gasteiger partial charge in [-0.1, -0.05) is 45.6 Å². The van der Waals surface area contributed by atoms with Gasteiger partial charge >= 0.3 is 0 Å². The van der Waals surface area contributed by atoms with Crippen LogP contribution >= 0.6 is 0 Å². The molecule has 0 saturated carbocycles. The molecule has 1 unspecified atom stereocenters. The number of aromatic nitrogens is 2. The number of carbonyl (C=O) groups is 5. The van der Waals surface area contributed by atoms with Gasteiger partial charge in [0, 0.05) is 108 Å². The minimum atomic E-state index is -0.739. The molecule has 1 aromatic carbocycles. The SMILES string of the molecule is C=CC(=Nc1c(C)ncc(N(C)C=O)c1N(C)C1CCN(C(=O)CC)CC1)c1ccc(C)nc1.CC(C)CCC=O.CCNC(=O)C(=N)N(C(=N)c1ccc(O)c(C)c1)C1(C)C=CC(CN2CCN(C)CC2)=CC1.O=CO. The molecule has 6 rings (SSSR count). The Morgan fingerprint density at radius 2 is 1.62 bits per heavy atom. The van der Waals surface area contributed by atoms with E-state index in [2.05, 4.69) is 69.6 Å². The lowest BCUT2D eigenvalue weighted by atomic mass is 9.87. The molecule has 2 aromatic heterocycles. The molecule has 418 valence electrons. The summed E-state index contributed by atoms with van der Waals surface area (Å²) in [5, 5.41) is 37.0. The number of allylic oxidation sites excluding steroid dienone is 1. The molecule has 3 aliphatic rings. The molecule has 19 nitrogen and oxygen atoms in total. The van der Waals surface area contributed by atoms with E-state index < -0.39 is 11.4 Å². The van der Waals surface area contributed by atoms with Crippen LogP contribution < -0.4 is 15.1 Å². The van der Waals surface area contributed by atoms with E-state index in [0.29, 0.717) is 53.5 Å². The monoisotopic (exact) mass is 1060 g/mol. The highest BCUT2D eigenvalue weighted by molar-refractivity contribution is 6.40. The summed E-state index contributed by atoms with van der Waals surface area (Å²) in [6.07, 6.45) is 17.7. The number of amidine groups is 2. The van der Waals surface area contributed by atoms with E-state index in [9.17, 15) is 24.3 Å². The lowest BCUT2D eigenvalue weighted by molar-refractivity contribution is -0.132. The van der Waals surface area contributed by atoms with Crippen LogP contribution in [0, 0.1) is 37.5 Å². The number of pyridine rings is 2. The van der Waals surface area contributed by atoms with Gasteiger partial charge in [0.1, 0.15) is 23.6 Å². The van der Waals surface area contributed by atoms with Crippen LogP contribution in [-0.2, 0) is 24.0 Å². The van der Waals surface area contributed by atoms with Crippen molar-refractivity contribution in [1.29, 1.82) is 10.8 Å². The number of hydrogen-bond donors (Lipinski definition) is 5. The van der Waals surface area contributed by atoms with Gasteiger partial charge in [0.15, 0.2) is 5.84 Å². The number of amides is 3. The zero-order valence-electron chi connectivity index (χ0n) is 47.3. The topological polar surface area (TPSA) is 243 Å². The van der Waals surface area contributed by atoms with Gasteiger partial charge in [-0.2, -0.15) is 0 Å². The molecular formula is C58H84N12O7. The first-order chi connectivity index (χ1) is 36.6. The second-order valence-corrected chi connectivity index (χ2v) is 20.0. The molecular weight excluding hydrogens is 977 g/mol. The molecule has 1 aliphatic carbocycles. The predicted molar refractivity (Wildman–Crippen MR) is 308 cm³/mol. The largest absolute Gasteiger partial charge is 0.508 e. The fourth-order valence-corrected chi connectivity index (χ4v) is 8.86. The number of anilines is 2. The van der Waals surface area contributed by atoms with Crippen molar-refractivity contribution in [3.05, 3.63) is 107 Å². The number of benzene rings is 1.